The van der Waals surface area contributed by atoms with Gasteiger partial charge >= 0.3 is 0 Å². The molecule has 0 heterocycles. The summed E-state index contributed by atoms with van der Waals surface area (Å²) in [6, 6.07) is 14.1. The Kier molecular flexibility index (Phi) is 4.34. The molecule has 0 aliphatic carbocycles. The Balaban J connectivity index is 2.36. The fraction of sp³-hybridized carbons (Fsp3) is 0.250. The number of hydrogen-bond donors (Lipinski definition) is 1. The van der Waals surface area contributed by atoms with Crippen molar-refractivity contribution in [2.75, 3.05) is 12.8 Å². The van der Waals surface area contributed by atoms with Crippen LogP contribution in [0.5, 0.6) is 0 Å². The lowest BCUT2D eigenvalue weighted by atomic mass is 10.1. The molecular weight excluding hydrogens is 284 g/mol. The van der Waals surface area contributed by atoms with Gasteiger partial charge < -0.3 is 5.73 Å². The predicted octanol–water partition coefficient (Wildman–Crippen LogP) is 2.96. The van der Waals surface area contributed by atoms with Crippen molar-refractivity contribution in [2.45, 2.75) is 24.8 Å². The van der Waals surface area contributed by atoms with Crippen LogP contribution in [0, 0.1) is 6.92 Å². The quantitative estimate of drug-likeness (QED) is 0.883. The average Bonchev–Trinajstić information content (AvgIpc) is 2.49. The number of sulfonamides is 1. The third-order valence-corrected chi connectivity index (χ3v) is 5.68. The van der Waals surface area contributed by atoms with E-state index in [0.29, 0.717) is 5.69 Å². The first-order valence-corrected chi connectivity index (χ1v) is 8.17. The Hall–Kier alpha value is -1.85. The second-order valence-corrected chi connectivity index (χ2v) is 7.12. The molecule has 0 saturated heterocycles. The summed E-state index contributed by atoms with van der Waals surface area (Å²) in [6.07, 6.45) is 0. The van der Waals surface area contributed by atoms with Gasteiger partial charge in [0.2, 0.25) is 10.0 Å². The lowest BCUT2D eigenvalue weighted by Crippen LogP contribution is -2.29. The number of nitrogens with two attached hydrogens (primary N) is 1. The summed E-state index contributed by atoms with van der Waals surface area (Å²) >= 11 is 0. The van der Waals surface area contributed by atoms with E-state index in [-0.39, 0.29) is 10.9 Å². The molecule has 0 aromatic heterocycles. The fourth-order valence-corrected chi connectivity index (χ4v) is 3.48. The normalized spacial score (nSPS) is 13.3. The number of nitrogen functional groups attached to an aromatic ring is 1. The van der Waals surface area contributed by atoms with Crippen molar-refractivity contribution in [1.82, 2.24) is 4.31 Å². The van der Waals surface area contributed by atoms with E-state index in [2.05, 4.69) is 0 Å². The molecule has 0 fully saturated rings. The standard InChI is InChI=1S/C16H20N2O2S/c1-12-9-10-15(11-16(12)17)21(19,20)18(3)13(2)14-7-5-4-6-8-14/h4-11,13H,17H2,1-3H3. The maximum absolute atomic E-state index is 12.7. The van der Waals surface area contributed by atoms with Gasteiger partial charge in [-0.2, -0.15) is 4.31 Å². The van der Waals surface area contributed by atoms with Gasteiger partial charge in [0.25, 0.3) is 0 Å². The summed E-state index contributed by atoms with van der Waals surface area (Å²) in [6.45, 7) is 3.71. The van der Waals surface area contributed by atoms with Crippen molar-refractivity contribution < 1.29 is 8.42 Å². The molecule has 0 amide bonds. The second kappa shape index (κ2) is 5.87. The van der Waals surface area contributed by atoms with E-state index in [1.165, 1.54) is 10.4 Å². The molecule has 4 nitrogen and oxygen atoms in total. The minimum atomic E-state index is -3.57. The van der Waals surface area contributed by atoms with Crippen LogP contribution in [0.3, 0.4) is 0 Å². The van der Waals surface area contributed by atoms with Gasteiger partial charge in [-0.3, -0.25) is 0 Å². The van der Waals surface area contributed by atoms with Crippen molar-refractivity contribution in [1.29, 1.82) is 0 Å². The Morgan fingerprint density at radius 1 is 1.10 bits per heavy atom. The van der Waals surface area contributed by atoms with E-state index in [0.717, 1.165) is 11.1 Å². The lowest BCUT2D eigenvalue weighted by molar-refractivity contribution is 0.398. The molecule has 0 radical (unpaired) electrons. The average molecular weight is 304 g/mol. The molecule has 21 heavy (non-hydrogen) atoms. The summed E-state index contributed by atoms with van der Waals surface area (Å²) < 4.78 is 26.7. The Morgan fingerprint density at radius 2 is 1.71 bits per heavy atom. The third kappa shape index (κ3) is 3.09. The third-order valence-electron chi connectivity index (χ3n) is 3.76. The molecule has 2 aromatic rings. The van der Waals surface area contributed by atoms with Crippen LogP contribution in [0.1, 0.15) is 24.1 Å². The zero-order valence-electron chi connectivity index (χ0n) is 12.4. The number of aryl methyl sites for hydroxylation is 1. The lowest BCUT2D eigenvalue weighted by Gasteiger charge is -2.25. The topological polar surface area (TPSA) is 63.4 Å². The van der Waals surface area contributed by atoms with E-state index in [1.54, 1.807) is 19.2 Å². The minimum absolute atomic E-state index is 0.218. The number of rotatable bonds is 4. The highest BCUT2D eigenvalue weighted by Crippen LogP contribution is 2.27. The molecule has 0 spiro atoms. The molecule has 2 rings (SSSR count). The van der Waals surface area contributed by atoms with Gasteiger partial charge in [0.05, 0.1) is 4.90 Å². The summed E-state index contributed by atoms with van der Waals surface area (Å²) in [5.41, 5.74) is 8.12. The maximum atomic E-state index is 12.7. The largest absolute Gasteiger partial charge is 0.398 e. The van der Waals surface area contributed by atoms with E-state index in [4.69, 9.17) is 5.73 Å². The van der Waals surface area contributed by atoms with Crippen LogP contribution >= 0.6 is 0 Å². The zero-order valence-corrected chi connectivity index (χ0v) is 13.3. The van der Waals surface area contributed by atoms with Crippen LogP contribution in [-0.4, -0.2) is 19.8 Å². The molecule has 1 unspecified atom stereocenters. The van der Waals surface area contributed by atoms with Crippen LogP contribution < -0.4 is 5.73 Å². The molecule has 0 bridgehead atoms. The predicted molar refractivity (Wildman–Crippen MR) is 85.4 cm³/mol. The van der Waals surface area contributed by atoms with Crippen molar-refractivity contribution >= 4 is 15.7 Å². The zero-order chi connectivity index (χ0) is 15.6. The summed E-state index contributed by atoms with van der Waals surface area (Å²) in [5, 5.41) is 0. The van der Waals surface area contributed by atoms with E-state index in [9.17, 15) is 8.42 Å². The van der Waals surface area contributed by atoms with Gasteiger partial charge in [-0.05, 0) is 37.1 Å². The molecule has 0 saturated carbocycles. The SMILES string of the molecule is Cc1ccc(S(=O)(=O)N(C)C(C)c2ccccc2)cc1N. The maximum Gasteiger partial charge on any atom is 0.243 e. The number of hydrogen-bond acceptors (Lipinski definition) is 3. The summed E-state index contributed by atoms with van der Waals surface area (Å²) in [7, 11) is -1.99. The van der Waals surface area contributed by atoms with Gasteiger partial charge in [0, 0.05) is 18.8 Å². The monoisotopic (exact) mass is 304 g/mol. The fourth-order valence-electron chi connectivity index (χ4n) is 2.09. The Labute approximate surface area is 126 Å². The van der Waals surface area contributed by atoms with Crippen LogP contribution in [0.15, 0.2) is 53.4 Å². The molecule has 0 aliphatic rings. The van der Waals surface area contributed by atoms with Gasteiger partial charge in [-0.15, -0.1) is 0 Å². The van der Waals surface area contributed by atoms with E-state index in [1.807, 2.05) is 44.2 Å². The molecule has 5 heteroatoms. The van der Waals surface area contributed by atoms with Crippen molar-refractivity contribution in [3.05, 3.63) is 59.7 Å². The van der Waals surface area contributed by atoms with Crippen LogP contribution in [-0.2, 0) is 10.0 Å². The number of anilines is 1. The van der Waals surface area contributed by atoms with Gasteiger partial charge in [0.15, 0.2) is 0 Å². The molecule has 0 aliphatic heterocycles. The Morgan fingerprint density at radius 3 is 2.29 bits per heavy atom. The van der Waals surface area contributed by atoms with Crippen molar-refractivity contribution in [3.8, 4) is 0 Å². The van der Waals surface area contributed by atoms with Gasteiger partial charge in [-0.1, -0.05) is 36.4 Å². The smallest absolute Gasteiger partial charge is 0.243 e. The second-order valence-electron chi connectivity index (χ2n) is 5.13. The van der Waals surface area contributed by atoms with Crippen molar-refractivity contribution in [2.24, 2.45) is 0 Å². The highest BCUT2D eigenvalue weighted by atomic mass is 32.2. The van der Waals surface area contributed by atoms with Crippen LogP contribution in [0.2, 0.25) is 0 Å². The highest BCUT2D eigenvalue weighted by molar-refractivity contribution is 7.89. The first-order valence-electron chi connectivity index (χ1n) is 6.73. The molecule has 1 atom stereocenters. The molecule has 2 N–H and O–H groups in total. The summed E-state index contributed by atoms with van der Waals surface area (Å²) in [4.78, 5) is 0.218. The van der Waals surface area contributed by atoms with Crippen LogP contribution in [0.4, 0.5) is 5.69 Å². The molecular formula is C16H20N2O2S. The first-order chi connectivity index (χ1) is 9.84. The molecule has 112 valence electrons. The van der Waals surface area contributed by atoms with Gasteiger partial charge in [0.1, 0.15) is 0 Å². The van der Waals surface area contributed by atoms with Crippen molar-refractivity contribution in [3.63, 3.8) is 0 Å². The minimum Gasteiger partial charge on any atom is -0.398 e. The van der Waals surface area contributed by atoms with E-state index >= 15 is 0 Å². The summed E-state index contributed by atoms with van der Waals surface area (Å²) in [5.74, 6) is 0. The number of nitrogens with zero attached hydrogens (tertiary/aromatic N) is 1. The first kappa shape index (κ1) is 15.5. The van der Waals surface area contributed by atoms with Crippen LogP contribution in [0.25, 0.3) is 0 Å². The number of benzene rings is 2. The Bertz CT molecular complexity index is 727. The van der Waals surface area contributed by atoms with Gasteiger partial charge in [-0.25, -0.2) is 8.42 Å². The highest BCUT2D eigenvalue weighted by Gasteiger charge is 2.26. The van der Waals surface area contributed by atoms with E-state index < -0.39 is 10.0 Å². The molecule has 2 aromatic carbocycles.